The number of hydrogen-bond acceptors (Lipinski definition) is 4. The number of hydrogen-bond donors (Lipinski definition) is 2. The van der Waals surface area contributed by atoms with Gasteiger partial charge >= 0.3 is 0 Å². The van der Waals surface area contributed by atoms with Crippen molar-refractivity contribution < 1.29 is 4.74 Å². The number of guanidine groups is 1. The normalized spacial score (nSPS) is 16.3. The van der Waals surface area contributed by atoms with Crippen LogP contribution in [0.2, 0.25) is 0 Å². The van der Waals surface area contributed by atoms with Gasteiger partial charge in [0.25, 0.3) is 0 Å². The molecule has 0 aliphatic carbocycles. The van der Waals surface area contributed by atoms with Gasteiger partial charge in [-0.3, -0.25) is 4.99 Å². The molecule has 0 spiro atoms. The number of ether oxygens (including phenoxy) is 1. The summed E-state index contributed by atoms with van der Waals surface area (Å²) in [6.45, 7) is 4.28. The predicted molar refractivity (Wildman–Crippen MR) is 136 cm³/mol. The van der Waals surface area contributed by atoms with Crippen LogP contribution in [0.3, 0.4) is 0 Å². The maximum absolute atomic E-state index is 5.96. The Morgan fingerprint density at radius 2 is 1.87 bits per heavy atom. The van der Waals surface area contributed by atoms with Crippen molar-refractivity contribution in [3.63, 3.8) is 0 Å². The van der Waals surface area contributed by atoms with E-state index in [9.17, 15) is 0 Å². The molecule has 1 heterocycles. The van der Waals surface area contributed by atoms with Gasteiger partial charge in [0.1, 0.15) is 12.4 Å². The molecule has 1 fully saturated rings. The van der Waals surface area contributed by atoms with Crippen LogP contribution < -0.4 is 20.3 Å². The van der Waals surface area contributed by atoms with Gasteiger partial charge in [-0.2, -0.15) is 0 Å². The van der Waals surface area contributed by atoms with Crippen LogP contribution in [0.5, 0.6) is 5.75 Å². The number of para-hydroxylation sites is 2. The molecule has 0 bridgehead atoms. The highest BCUT2D eigenvalue weighted by Gasteiger charge is 2.23. The molecule has 0 amide bonds. The molecule has 7 heteroatoms. The molecule has 0 radical (unpaired) electrons. The second-order valence-electron chi connectivity index (χ2n) is 7.60. The van der Waals surface area contributed by atoms with Crippen LogP contribution in [0.4, 0.5) is 5.69 Å². The van der Waals surface area contributed by atoms with Crippen LogP contribution >= 0.6 is 24.0 Å². The molecule has 30 heavy (non-hydrogen) atoms. The van der Waals surface area contributed by atoms with Crippen LogP contribution in [0.25, 0.3) is 0 Å². The van der Waals surface area contributed by atoms with Crippen molar-refractivity contribution in [3.05, 3.63) is 60.2 Å². The minimum absolute atomic E-state index is 0. The molecule has 1 unspecified atom stereocenters. The summed E-state index contributed by atoms with van der Waals surface area (Å²) in [7, 11) is 5.92. The summed E-state index contributed by atoms with van der Waals surface area (Å²) >= 11 is 0. The maximum atomic E-state index is 5.96. The predicted octanol–water partition coefficient (Wildman–Crippen LogP) is 3.19. The topological polar surface area (TPSA) is 52.1 Å². The van der Waals surface area contributed by atoms with Gasteiger partial charge in [0.15, 0.2) is 5.96 Å². The molecule has 1 atom stereocenters. The first-order valence-corrected chi connectivity index (χ1v) is 10.3. The van der Waals surface area contributed by atoms with E-state index in [4.69, 9.17) is 4.74 Å². The Labute approximate surface area is 197 Å². The lowest BCUT2D eigenvalue weighted by Gasteiger charge is -2.21. The van der Waals surface area contributed by atoms with Crippen molar-refractivity contribution in [2.45, 2.75) is 19.0 Å². The van der Waals surface area contributed by atoms with Gasteiger partial charge in [-0.05, 0) is 38.7 Å². The molecule has 2 aromatic rings. The van der Waals surface area contributed by atoms with E-state index in [-0.39, 0.29) is 24.0 Å². The van der Waals surface area contributed by atoms with Crippen LogP contribution in [0, 0.1) is 0 Å². The molecule has 6 nitrogen and oxygen atoms in total. The molecule has 3 rings (SSSR count). The summed E-state index contributed by atoms with van der Waals surface area (Å²) in [6, 6.07) is 19.1. The number of nitrogens with zero attached hydrogens (tertiary/aromatic N) is 3. The fourth-order valence-electron chi connectivity index (χ4n) is 3.45. The van der Waals surface area contributed by atoms with E-state index in [1.165, 1.54) is 5.69 Å². The van der Waals surface area contributed by atoms with Gasteiger partial charge in [-0.1, -0.05) is 36.4 Å². The van der Waals surface area contributed by atoms with Crippen LogP contribution in [0.1, 0.15) is 12.0 Å². The number of nitrogens with one attached hydrogen (secondary N) is 2. The summed E-state index contributed by atoms with van der Waals surface area (Å²) in [5.74, 6) is 1.75. The summed E-state index contributed by atoms with van der Waals surface area (Å²) in [5, 5.41) is 7.00. The van der Waals surface area contributed by atoms with Gasteiger partial charge in [-0.25, -0.2) is 0 Å². The molecule has 164 valence electrons. The Hall–Kier alpha value is -2.00. The zero-order valence-electron chi connectivity index (χ0n) is 18.2. The fraction of sp³-hybridized carbons (Fsp3) is 0.435. The molecule has 0 saturated carbocycles. The Morgan fingerprint density at radius 3 is 2.60 bits per heavy atom. The third-order valence-electron chi connectivity index (χ3n) is 5.09. The van der Waals surface area contributed by atoms with Crippen LogP contribution in [-0.2, 0) is 6.54 Å². The number of halogens is 1. The van der Waals surface area contributed by atoms with Crippen molar-refractivity contribution in [2.24, 2.45) is 4.99 Å². The Kier molecular flexibility index (Phi) is 10.2. The van der Waals surface area contributed by atoms with Crippen molar-refractivity contribution in [2.75, 3.05) is 52.3 Å². The van der Waals surface area contributed by atoms with Gasteiger partial charge in [-0.15, -0.1) is 24.0 Å². The Morgan fingerprint density at radius 1 is 1.13 bits per heavy atom. The first kappa shape index (κ1) is 24.3. The molecular formula is C23H34IN5O. The molecule has 1 aliphatic heterocycles. The average Bonchev–Trinajstić information content (AvgIpc) is 3.21. The molecular weight excluding hydrogens is 489 g/mol. The SMILES string of the molecule is CN=C(NCc1ccccc1OCCN(C)C)NC1CCN(c2ccccc2)C1.I. The zero-order chi connectivity index (χ0) is 20.5. The van der Waals surface area contributed by atoms with Gasteiger partial charge < -0.3 is 25.2 Å². The third-order valence-corrected chi connectivity index (χ3v) is 5.09. The van der Waals surface area contributed by atoms with E-state index < -0.39 is 0 Å². The standard InChI is InChI=1S/C23H33N5O.HI/c1-24-23(26-20-13-14-28(18-20)21-10-5-4-6-11-21)25-17-19-9-7-8-12-22(19)29-16-15-27(2)3;/h4-12,20H,13-18H2,1-3H3,(H2,24,25,26);1H. The van der Waals surface area contributed by atoms with Crippen molar-refractivity contribution in [1.82, 2.24) is 15.5 Å². The van der Waals surface area contributed by atoms with Gasteiger partial charge in [0.2, 0.25) is 0 Å². The quantitative estimate of drug-likeness (QED) is 0.316. The van der Waals surface area contributed by atoms with Crippen LogP contribution in [0.15, 0.2) is 59.6 Å². The van der Waals surface area contributed by atoms with Crippen molar-refractivity contribution in [1.29, 1.82) is 0 Å². The number of anilines is 1. The fourth-order valence-corrected chi connectivity index (χ4v) is 3.45. The van der Waals surface area contributed by atoms with Crippen LogP contribution in [-0.4, -0.2) is 64.3 Å². The molecule has 1 saturated heterocycles. The Bertz CT molecular complexity index is 784. The monoisotopic (exact) mass is 523 g/mol. The highest BCUT2D eigenvalue weighted by atomic mass is 127. The van der Waals surface area contributed by atoms with E-state index >= 15 is 0 Å². The largest absolute Gasteiger partial charge is 0.492 e. The lowest BCUT2D eigenvalue weighted by Crippen LogP contribution is -2.44. The van der Waals surface area contributed by atoms with E-state index in [0.29, 0.717) is 19.2 Å². The molecule has 2 aromatic carbocycles. The summed E-state index contributed by atoms with van der Waals surface area (Å²) in [5.41, 5.74) is 2.41. The first-order chi connectivity index (χ1) is 14.2. The van der Waals surface area contributed by atoms with E-state index in [1.807, 2.05) is 25.2 Å². The number of likely N-dealkylation sites (N-methyl/N-ethyl adjacent to an activating group) is 1. The number of rotatable bonds is 8. The smallest absolute Gasteiger partial charge is 0.191 e. The van der Waals surface area contributed by atoms with E-state index in [2.05, 4.69) is 75.9 Å². The minimum atomic E-state index is 0. The lowest BCUT2D eigenvalue weighted by atomic mass is 10.2. The second kappa shape index (κ2) is 12.6. The van der Waals surface area contributed by atoms with Gasteiger partial charge in [0.05, 0.1) is 0 Å². The average molecular weight is 523 g/mol. The zero-order valence-corrected chi connectivity index (χ0v) is 20.5. The molecule has 1 aliphatic rings. The molecule has 0 aromatic heterocycles. The highest BCUT2D eigenvalue weighted by molar-refractivity contribution is 14.0. The maximum Gasteiger partial charge on any atom is 0.191 e. The lowest BCUT2D eigenvalue weighted by molar-refractivity contribution is 0.259. The minimum Gasteiger partial charge on any atom is -0.492 e. The summed E-state index contributed by atoms with van der Waals surface area (Å²) in [4.78, 5) is 8.94. The van der Waals surface area contributed by atoms with Crippen molar-refractivity contribution >= 4 is 35.6 Å². The number of aliphatic imine (C=N–C) groups is 1. The Balaban J connectivity index is 0.00000320. The number of benzene rings is 2. The molecule has 2 N–H and O–H groups in total. The summed E-state index contributed by atoms with van der Waals surface area (Å²) < 4.78 is 5.96. The van der Waals surface area contributed by atoms with E-state index in [1.54, 1.807) is 0 Å². The van der Waals surface area contributed by atoms with E-state index in [0.717, 1.165) is 43.3 Å². The van der Waals surface area contributed by atoms with Crippen molar-refractivity contribution in [3.8, 4) is 5.75 Å². The first-order valence-electron chi connectivity index (χ1n) is 10.3. The third kappa shape index (κ3) is 7.36. The second-order valence-corrected chi connectivity index (χ2v) is 7.60. The van der Waals surface area contributed by atoms with Gasteiger partial charge in [0, 0.05) is 50.5 Å². The highest BCUT2D eigenvalue weighted by Crippen LogP contribution is 2.20. The summed E-state index contributed by atoms with van der Waals surface area (Å²) in [6.07, 6.45) is 1.10.